The first-order valence-electron chi connectivity index (χ1n) is 7.44. The van der Waals surface area contributed by atoms with Crippen molar-refractivity contribution < 1.29 is 4.79 Å². The average Bonchev–Trinajstić information content (AvgIpc) is 3.14. The Bertz CT molecular complexity index is 664. The van der Waals surface area contributed by atoms with Crippen molar-refractivity contribution in [1.29, 1.82) is 0 Å². The Labute approximate surface area is 134 Å². The molecule has 2 aromatic rings. The highest BCUT2D eigenvalue weighted by molar-refractivity contribution is 6.30. The Morgan fingerprint density at radius 3 is 2.91 bits per heavy atom. The Kier molecular flexibility index (Phi) is 4.22. The maximum Gasteiger partial charge on any atom is 0.270 e. The first kappa shape index (κ1) is 15.1. The van der Waals surface area contributed by atoms with E-state index in [1.807, 2.05) is 22.7 Å². The summed E-state index contributed by atoms with van der Waals surface area (Å²) in [5.41, 5.74) is 0.536. The number of carbonyl (C=O) groups excluding carboxylic acids is 1. The van der Waals surface area contributed by atoms with Crippen molar-refractivity contribution in [2.24, 2.45) is 7.05 Å². The second-order valence-corrected chi connectivity index (χ2v) is 5.96. The number of imidazole rings is 1. The Balaban J connectivity index is 1.81. The number of hydrogen-bond donors (Lipinski definition) is 1. The van der Waals surface area contributed by atoms with Crippen molar-refractivity contribution in [3.63, 3.8) is 0 Å². The van der Waals surface area contributed by atoms with E-state index in [9.17, 15) is 4.79 Å². The third-order valence-electron chi connectivity index (χ3n) is 4.22. The molecular weight excluding hydrogens is 302 g/mol. The molecule has 1 aliphatic rings. The fourth-order valence-corrected chi connectivity index (χ4v) is 3.15. The third kappa shape index (κ3) is 2.76. The van der Waals surface area contributed by atoms with E-state index in [4.69, 9.17) is 11.6 Å². The summed E-state index contributed by atoms with van der Waals surface area (Å²) in [5, 5.41) is 0.552. The fraction of sp³-hybridized carbons (Fsp3) is 0.467. The van der Waals surface area contributed by atoms with Crippen LogP contribution in [0.25, 0.3) is 0 Å². The Hall–Kier alpha value is -1.79. The molecule has 22 heavy (non-hydrogen) atoms. The van der Waals surface area contributed by atoms with Gasteiger partial charge in [0.05, 0.1) is 11.1 Å². The van der Waals surface area contributed by atoms with Crippen LogP contribution in [0.15, 0.2) is 24.7 Å². The summed E-state index contributed by atoms with van der Waals surface area (Å²) >= 11 is 5.90. The highest BCUT2D eigenvalue weighted by Gasteiger charge is 2.32. The van der Waals surface area contributed by atoms with E-state index in [1.54, 1.807) is 18.5 Å². The lowest BCUT2D eigenvalue weighted by Gasteiger charge is -2.40. The summed E-state index contributed by atoms with van der Waals surface area (Å²) in [6.45, 7) is 5.26. The van der Waals surface area contributed by atoms with Gasteiger partial charge in [0, 0.05) is 45.3 Å². The van der Waals surface area contributed by atoms with Crippen LogP contribution < -0.4 is 0 Å². The summed E-state index contributed by atoms with van der Waals surface area (Å²) in [7, 11) is 1.99. The minimum Gasteiger partial charge on any atom is -0.356 e. The molecule has 0 radical (unpaired) electrons. The van der Waals surface area contributed by atoms with Gasteiger partial charge in [-0.15, -0.1) is 0 Å². The van der Waals surface area contributed by atoms with E-state index < -0.39 is 0 Å². The van der Waals surface area contributed by atoms with Crippen molar-refractivity contribution in [2.45, 2.75) is 13.0 Å². The van der Waals surface area contributed by atoms with Gasteiger partial charge >= 0.3 is 0 Å². The second-order valence-electron chi connectivity index (χ2n) is 5.52. The summed E-state index contributed by atoms with van der Waals surface area (Å²) in [6, 6.07) is 1.79. The second kappa shape index (κ2) is 6.14. The number of aromatic nitrogens is 3. The summed E-state index contributed by atoms with van der Waals surface area (Å²) < 4.78 is 2.02. The van der Waals surface area contributed by atoms with Gasteiger partial charge in [-0.3, -0.25) is 9.69 Å². The number of hydrogen-bond acceptors (Lipinski definition) is 3. The predicted octanol–water partition coefficient (Wildman–Crippen LogP) is 1.92. The topological polar surface area (TPSA) is 57.2 Å². The number of likely N-dealkylation sites (N-methyl/N-ethyl adjacent to an activating group) is 1. The zero-order chi connectivity index (χ0) is 15.7. The molecule has 1 fully saturated rings. The van der Waals surface area contributed by atoms with Crippen LogP contribution in [-0.2, 0) is 7.05 Å². The van der Waals surface area contributed by atoms with Gasteiger partial charge < -0.3 is 14.5 Å². The molecule has 1 amide bonds. The molecule has 3 rings (SSSR count). The van der Waals surface area contributed by atoms with Gasteiger partial charge in [0.25, 0.3) is 5.91 Å². The number of aryl methyl sites for hydroxylation is 1. The van der Waals surface area contributed by atoms with Crippen LogP contribution >= 0.6 is 11.6 Å². The molecule has 3 heterocycles. The molecule has 6 nitrogen and oxygen atoms in total. The molecule has 0 saturated carbocycles. The van der Waals surface area contributed by atoms with E-state index in [2.05, 4.69) is 21.8 Å². The highest BCUT2D eigenvalue weighted by Crippen LogP contribution is 2.25. The van der Waals surface area contributed by atoms with Gasteiger partial charge in [0.2, 0.25) is 0 Å². The number of nitrogens with one attached hydrogen (secondary N) is 1. The van der Waals surface area contributed by atoms with Gasteiger partial charge in [-0.1, -0.05) is 18.5 Å². The van der Waals surface area contributed by atoms with E-state index in [0.717, 1.165) is 18.9 Å². The van der Waals surface area contributed by atoms with Gasteiger partial charge in [0.15, 0.2) is 0 Å². The lowest BCUT2D eigenvalue weighted by atomic mass is 10.1. The number of rotatable bonds is 3. The van der Waals surface area contributed by atoms with Crippen LogP contribution in [0.2, 0.25) is 5.02 Å². The summed E-state index contributed by atoms with van der Waals surface area (Å²) in [6.07, 6.45) is 5.37. The molecule has 1 N–H and O–H groups in total. The molecule has 1 unspecified atom stereocenters. The van der Waals surface area contributed by atoms with Crippen molar-refractivity contribution in [1.82, 2.24) is 24.3 Å². The largest absolute Gasteiger partial charge is 0.356 e. The standard InChI is InChI=1S/C15H20ClN5O/c1-3-20-6-7-21(15(22)12-8-11(16)9-18-12)10-13(20)14-17-4-5-19(14)2/h4-5,8-9,13,18H,3,6-7,10H2,1-2H3. The molecular formula is C15H20ClN5O. The van der Waals surface area contributed by atoms with Crippen LogP contribution in [0.3, 0.4) is 0 Å². The molecule has 2 aromatic heterocycles. The Morgan fingerprint density at radius 1 is 1.50 bits per heavy atom. The molecule has 118 valence electrons. The molecule has 1 atom stereocenters. The normalized spacial score (nSPS) is 19.6. The number of halogens is 1. The molecule has 1 aliphatic heterocycles. The minimum atomic E-state index is -0.0122. The SMILES string of the molecule is CCN1CCN(C(=O)c2cc(Cl)c[nH]2)CC1c1nccn1C. The number of carbonyl (C=O) groups is 1. The van der Waals surface area contributed by atoms with Crippen molar-refractivity contribution in [2.75, 3.05) is 26.2 Å². The number of piperazine rings is 1. The molecule has 1 saturated heterocycles. The quantitative estimate of drug-likeness (QED) is 0.939. The lowest BCUT2D eigenvalue weighted by Crippen LogP contribution is -2.51. The third-order valence-corrected chi connectivity index (χ3v) is 4.44. The van der Waals surface area contributed by atoms with E-state index in [-0.39, 0.29) is 11.9 Å². The van der Waals surface area contributed by atoms with E-state index >= 15 is 0 Å². The first-order valence-corrected chi connectivity index (χ1v) is 7.82. The average molecular weight is 322 g/mol. The smallest absolute Gasteiger partial charge is 0.270 e. The predicted molar refractivity (Wildman–Crippen MR) is 84.9 cm³/mol. The van der Waals surface area contributed by atoms with Crippen molar-refractivity contribution in [3.8, 4) is 0 Å². The number of nitrogens with zero attached hydrogens (tertiary/aromatic N) is 4. The van der Waals surface area contributed by atoms with Crippen molar-refractivity contribution >= 4 is 17.5 Å². The maximum absolute atomic E-state index is 12.6. The maximum atomic E-state index is 12.6. The highest BCUT2D eigenvalue weighted by atomic mass is 35.5. The van der Waals surface area contributed by atoms with Gasteiger partial charge in [-0.2, -0.15) is 0 Å². The van der Waals surface area contributed by atoms with Crippen LogP contribution in [0, 0.1) is 0 Å². The summed E-state index contributed by atoms with van der Waals surface area (Å²) in [4.78, 5) is 24.2. The van der Waals surface area contributed by atoms with Crippen LogP contribution in [-0.4, -0.2) is 56.4 Å². The zero-order valence-corrected chi connectivity index (χ0v) is 13.5. The molecule has 0 spiro atoms. The summed E-state index contributed by atoms with van der Waals surface area (Å²) in [5.74, 6) is 0.978. The van der Waals surface area contributed by atoms with Gasteiger partial charge in [-0.25, -0.2) is 4.98 Å². The van der Waals surface area contributed by atoms with Crippen molar-refractivity contribution in [3.05, 3.63) is 41.2 Å². The minimum absolute atomic E-state index is 0.0122. The zero-order valence-electron chi connectivity index (χ0n) is 12.8. The Morgan fingerprint density at radius 2 is 2.32 bits per heavy atom. The monoisotopic (exact) mass is 321 g/mol. The van der Waals surface area contributed by atoms with E-state index in [0.29, 0.717) is 23.8 Å². The van der Waals surface area contributed by atoms with Crippen LogP contribution in [0.5, 0.6) is 0 Å². The number of H-pyrrole nitrogens is 1. The van der Waals surface area contributed by atoms with Crippen LogP contribution in [0.4, 0.5) is 0 Å². The molecule has 0 aromatic carbocycles. The molecule has 0 bridgehead atoms. The first-order chi connectivity index (χ1) is 10.6. The lowest BCUT2D eigenvalue weighted by molar-refractivity contribution is 0.0468. The van der Waals surface area contributed by atoms with E-state index in [1.165, 1.54) is 0 Å². The number of amides is 1. The number of aromatic amines is 1. The van der Waals surface area contributed by atoms with Crippen LogP contribution in [0.1, 0.15) is 29.3 Å². The molecule has 7 heteroatoms. The van der Waals surface area contributed by atoms with Gasteiger partial charge in [-0.05, 0) is 12.6 Å². The fourth-order valence-electron chi connectivity index (χ4n) is 2.99. The molecule has 0 aliphatic carbocycles. The van der Waals surface area contributed by atoms with Gasteiger partial charge in [0.1, 0.15) is 11.5 Å².